The van der Waals surface area contributed by atoms with Gasteiger partial charge in [-0.15, -0.1) is 0 Å². The van der Waals surface area contributed by atoms with Crippen LogP contribution in [0.3, 0.4) is 0 Å². The van der Waals surface area contributed by atoms with E-state index < -0.39 is 6.10 Å². The molecule has 0 saturated carbocycles. The molecular weight excluding hydrogens is 745 g/mol. The summed E-state index contributed by atoms with van der Waals surface area (Å²) in [5, 5.41) is 0. The summed E-state index contributed by atoms with van der Waals surface area (Å²) in [7, 11) is 0. The second kappa shape index (κ2) is 50.1. The van der Waals surface area contributed by atoms with Crippen LogP contribution < -0.4 is 0 Å². The van der Waals surface area contributed by atoms with Crippen LogP contribution in [0.15, 0.2) is 0 Å². The van der Waals surface area contributed by atoms with Gasteiger partial charge in [-0.2, -0.15) is 0 Å². The number of ether oxygens (including phenoxy) is 3. The average molecular weight is 849 g/mol. The van der Waals surface area contributed by atoms with Gasteiger partial charge in [-0.1, -0.05) is 271 Å². The molecule has 0 bridgehead atoms. The van der Waals surface area contributed by atoms with Crippen molar-refractivity contribution in [1.82, 2.24) is 0 Å². The third-order valence-electron chi connectivity index (χ3n) is 12.4. The predicted octanol–water partition coefficient (Wildman–Crippen LogP) is 17.6. The molecular formula is C54H104O6. The van der Waals surface area contributed by atoms with Gasteiger partial charge in [0.2, 0.25) is 0 Å². The van der Waals surface area contributed by atoms with E-state index in [1.165, 1.54) is 205 Å². The highest BCUT2D eigenvalue weighted by atomic mass is 16.6. The van der Waals surface area contributed by atoms with E-state index in [0.717, 1.165) is 64.2 Å². The molecule has 6 heteroatoms. The maximum Gasteiger partial charge on any atom is 0.306 e. The van der Waals surface area contributed by atoms with Crippen LogP contribution in [-0.2, 0) is 28.6 Å². The quantitative estimate of drug-likeness (QED) is 0.0345. The van der Waals surface area contributed by atoms with Gasteiger partial charge in [0.1, 0.15) is 13.2 Å². The van der Waals surface area contributed by atoms with Crippen molar-refractivity contribution in [2.75, 3.05) is 13.2 Å². The van der Waals surface area contributed by atoms with E-state index >= 15 is 0 Å². The van der Waals surface area contributed by atoms with Crippen molar-refractivity contribution in [3.8, 4) is 0 Å². The third-order valence-corrected chi connectivity index (χ3v) is 12.4. The first-order chi connectivity index (χ1) is 29.5. The summed E-state index contributed by atoms with van der Waals surface area (Å²) >= 11 is 0. The largest absolute Gasteiger partial charge is 0.462 e. The zero-order valence-electron chi connectivity index (χ0n) is 40.8. The molecule has 6 nitrogen and oxygen atoms in total. The normalized spacial score (nSPS) is 11.8. The van der Waals surface area contributed by atoms with Crippen molar-refractivity contribution in [2.45, 2.75) is 316 Å². The van der Waals surface area contributed by atoms with Gasteiger partial charge in [0.05, 0.1) is 0 Å². The van der Waals surface area contributed by atoms with Gasteiger partial charge >= 0.3 is 17.9 Å². The highest BCUT2D eigenvalue weighted by molar-refractivity contribution is 5.71. The van der Waals surface area contributed by atoms with Crippen LogP contribution in [0.25, 0.3) is 0 Å². The monoisotopic (exact) mass is 849 g/mol. The Morgan fingerprint density at radius 1 is 0.267 bits per heavy atom. The lowest BCUT2D eigenvalue weighted by atomic mass is 10.0. The molecule has 0 rings (SSSR count). The number of carbonyl (C=O) groups excluding carboxylic acids is 3. The molecule has 356 valence electrons. The fraction of sp³-hybridized carbons (Fsp3) is 0.944. The van der Waals surface area contributed by atoms with Gasteiger partial charge in [0.25, 0.3) is 0 Å². The topological polar surface area (TPSA) is 78.9 Å². The minimum Gasteiger partial charge on any atom is -0.462 e. The molecule has 0 fully saturated rings. The Morgan fingerprint density at radius 2 is 0.450 bits per heavy atom. The first kappa shape index (κ1) is 58.4. The number of esters is 3. The first-order valence-electron chi connectivity index (χ1n) is 27.0. The molecule has 0 spiro atoms. The molecule has 1 unspecified atom stereocenters. The Hall–Kier alpha value is -1.59. The average Bonchev–Trinajstić information content (AvgIpc) is 3.24. The minimum atomic E-state index is -0.756. The van der Waals surface area contributed by atoms with Gasteiger partial charge in [-0.25, -0.2) is 0 Å². The number of hydrogen-bond acceptors (Lipinski definition) is 6. The highest BCUT2D eigenvalue weighted by Crippen LogP contribution is 2.17. The Bertz CT molecular complexity index is 889. The van der Waals surface area contributed by atoms with E-state index in [2.05, 4.69) is 20.8 Å². The standard InChI is InChI=1S/C54H104O6/c1-4-7-10-13-15-17-18-19-20-21-22-23-24-25-26-27-28-29-30-31-32-33-34-35-36-37-39-41-44-47-53(56)59-50-51(49-58-52(55)46-43-40-12-9-6-3)60-54(57)48-45-42-38-16-14-11-8-5-2/h51H,4-50H2,1-3H3. The van der Waals surface area contributed by atoms with E-state index in [-0.39, 0.29) is 31.1 Å². The van der Waals surface area contributed by atoms with Crippen LogP contribution in [0.5, 0.6) is 0 Å². The van der Waals surface area contributed by atoms with Gasteiger partial charge in [0.15, 0.2) is 6.10 Å². The summed E-state index contributed by atoms with van der Waals surface area (Å²) in [6, 6.07) is 0. The molecule has 0 aliphatic carbocycles. The number of rotatable bonds is 50. The van der Waals surface area contributed by atoms with E-state index in [1.54, 1.807) is 0 Å². The molecule has 0 heterocycles. The molecule has 0 aliphatic heterocycles. The van der Waals surface area contributed by atoms with Gasteiger partial charge < -0.3 is 14.2 Å². The van der Waals surface area contributed by atoms with E-state index in [9.17, 15) is 14.4 Å². The molecule has 0 saturated heterocycles. The number of unbranched alkanes of at least 4 members (excludes halogenated alkanes) is 39. The fourth-order valence-electron chi connectivity index (χ4n) is 8.27. The molecule has 0 radical (unpaired) electrons. The summed E-state index contributed by atoms with van der Waals surface area (Å²) in [6.45, 7) is 6.56. The van der Waals surface area contributed by atoms with Crippen molar-refractivity contribution in [1.29, 1.82) is 0 Å². The molecule has 0 amide bonds. The lowest BCUT2D eigenvalue weighted by Crippen LogP contribution is -2.30. The molecule has 1 atom stereocenters. The lowest BCUT2D eigenvalue weighted by Gasteiger charge is -2.18. The van der Waals surface area contributed by atoms with Crippen molar-refractivity contribution in [3.63, 3.8) is 0 Å². The van der Waals surface area contributed by atoms with Crippen molar-refractivity contribution in [2.24, 2.45) is 0 Å². The third kappa shape index (κ3) is 47.5. The maximum atomic E-state index is 12.6. The molecule has 0 aromatic carbocycles. The summed E-state index contributed by atoms with van der Waals surface area (Å²) in [5.74, 6) is -0.868. The molecule has 0 N–H and O–H groups in total. The second-order valence-corrected chi connectivity index (χ2v) is 18.5. The summed E-state index contributed by atoms with van der Waals surface area (Å²) in [4.78, 5) is 37.4. The van der Waals surface area contributed by atoms with Gasteiger partial charge in [0, 0.05) is 19.3 Å². The van der Waals surface area contributed by atoms with Gasteiger partial charge in [-0.05, 0) is 19.3 Å². The Labute approximate surface area is 374 Å². The predicted molar refractivity (Wildman–Crippen MR) is 257 cm³/mol. The second-order valence-electron chi connectivity index (χ2n) is 18.5. The van der Waals surface area contributed by atoms with Crippen molar-refractivity contribution >= 4 is 17.9 Å². The Kier molecular flexibility index (Phi) is 48.7. The number of hydrogen-bond donors (Lipinski definition) is 0. The zero-order valence-corrected chi connectivity index (χ0v) is 40.8. The van der Waals surface area contributed by atoms with Crippen LogP contribution in [0.1, 0.15) is 310 Å². The van der Waals surface area contributed by atoms with E-state index in [4.69, 9.17) is 14.2 Å². The van der Waals surface area contributed by atoms with Crippen molar-refractivity contribution < 1.29 is 28.6 Å². The maximum absolute atomic E-state index is 12.6. The zero-order chi connectivity index (χ0) is 43.7. The summed E-state index contributed by atoms with van der Waals surface area (Å²) in [6.07, 6.45) is 54.6. The molecule has 0 aromatic rings. The van der Waals surface area contributed by atoms with Crippen LogP contribution in [0, 0.1) is 0 Å². The minimum absolute atomic E-state index is 0.0641. The first-order valence-corrected chi connectivity index (χ1v) is 27.0. The van der Waals surface area contributed by atoms with Gasteiger partial charge in [-0.3, -0.25) is 14.4 Å². The molecule has 60 heavy (non-hydrogen) atoms. The van der Waals surface area contributed by atoms with E-state index in [1.807, 2.05) is 0 Å². The highest BCUT2D eigenvalue weighted by Gasteiger charge is 2.19. The smallest absolute Gasteiger partial charge is 0.306 e. The van der Waals surface area contributed by atoms with Crippen LogP contribution >= 0.6 is 0 Å². The van der Waals surface area contributed by atoms with Crippen molar-refractivity contribution in [3.05, 3.63) is 0 Å². The Balaban J connectivity index is 3.80. The van der Waals surface area contributed by atoms with Crippen LogP contribution in [0.4, 0.5) is 0 Å². The number of carbonyl (C=O) groups is 3. The lowest BCUT2D eigenvalue weighted by molar-refractivity contribution is -0.167. The molecule has 0 aliphatic rings. The van der Waals surface area contributed by atoms with Crippen LogP contribution in [-0.4, -0.2) is 37.2 Å². The fourth-order valence-corrected chi connectivity index (χ4v) is 8.27. The van der Waals surface area contributed by atoms with E-state index in [0.29, 0.717) is 19.3 Å². The summed E-state index contributed by atoms with van der Waals surface area (Å²) in [5.41, 5.74) is 0. The SMILES string of the molecule is CCCCCCCCCCCCCCCCCCCCCCCCCCCCCCCC(=O)OCC(COC(=O)CCCCCCC)OC(=O)CCCCCCCCCC. The van der Waals surface area contributed by atoms with Crippen LogP contribution in [0.2, 0.25) is 0 Å². The Morgan fingerprint density at radius 3 is 0.667 bits per heavy atom. The molecule has 0 aromatic heterocycles. The summed E-state index contributed by atoms with van der Waals surface area (Å²) < 4.78 is 16.6.